The minimum atomic E-state index is -0.657. The molecule has 14 heavy (non-hydrogen) atoms. The number of hydrogen-bond donors (Lipinski definition) is 0. The zero-order valence-corrected chi connectivity index (χ0v) is 12.5. The Morgan fingerprint density at radius 1 is 1.14 bits per heavy atom. The van der Waals surface area contributed by atoms with Crippen LogP contribution in [-0.2, 0) is 6.16 Å². The van der Waals surface area contributed by atoms with Crippen LogP contribution in [0.25, 0.3) is 0 Å². The Bertz CT molecular complexity index is 304. The number of hydrogen-bond acceptors (Lipinski definition) is 0. The molecule has 0 saturated heterocycles. The van der Waals surface area contributed by atoms with Gasteiger partial charge in [-0.3, -0.25) is 0 Å². The van der Waals surface area contributed by atoms with Crippen molar-refractivity contribution in [2.24, 2.45) is 0 Å². The summed E-state index contributed by atoms with van der Waals surface area (Å²) < 4.78 is 0. The van der Waals surface area contributed by atoms with Gasteiger partial charge in [0.1, 0.15) is 11.2 Å². The molecule has 1 unspecified atom stereocenters. The molecule has 1 rings (SSSR count). The maximum Gasteiger partial charge on any atom is 0.296 e. The fourth-order valence-corrected chi connectivity index (χ4v) is 6.88. The third kappa shape index (κ3) is 2.67. The predicted octanol–water partition coefficient (Wildman–Crippen LogP) is 4.74. The molecule has 0 aromatic carbocycles. The molecular weight excluding hydrogens is 253 g/mol. The summed E-state index contributed by atoms with van der Waals surface area (Å²) in [4.78, 5) is 0. The van der Waals surface area contributed by atoms with Gasteiger partial charge in [-0.25, -0.2) is 0 Å². The summed E-state index contributed by atoms with van der Waals surface area (Å²) in [5.41, 5.74) is 2.99. The van der Waals surface area contributed by atoms with Crippen molar-refractivity contribution in [3.63, 3.8) is 0 Å². The molecular formula is C10H17Cl2P2+. The molecule has 0 N–H and O–H groups in total. The first kappa shape index (κ1) is 12.9. The summed E-state index contributed by atoms with van der Waals surface area (Å²) in [6.45, 7) is 8.33. The van der Waals surface area contributed by atoms with Crippen molar-refractivity contribution in [1.82, 2.24) is 0 Å². The molecule has 0 bridgehead atoms. The average Bonchev–Trinajstić information content (AvgIpc) is 2.29. The summed E-state index contributed by atoms with van der Waals surface area (Å²) >= 11 is 10.9. The fraction of sp³-hybridized carbons (Fsp3) is 0.600. The van der Waals surface area contributed by atoms with E-state index in [-0.39, 0.29) is 7.53 Å². The smallest absolute Gasteiger partial charge is 0.118 e. The van der Waals surface area contributed by atoms with Crippen molar-refractivity contribution < 1.29 is 11.2 Å². The van der Waals surface area contributed by atoms with Crippen molar-refractivity contribution >= 4 is 25.4 Å². The van der Waals surface area contributed by atoms with Gasteiger partial charge in [0.05, 0.1) is 0 Å². The first-order chi connectivity index (χ1) is 6.45. The van der Waals surface area contributed by atoms with Crippen LogP contribution in [0.15, 0.2) is 0 Å². The molecule has 0 spiro atoms. The van der Waals surface area contributed by atoms with Crippen molar-refractivity contribution in [2.45, 2.75) is 33.9 Å². The zero-order valence-electron chi connectivity index (χ0n) is 9.09. The lowest BCUT2D eigenvalue weighted by atomic mass is 10.2. The minimum Gasteiger partial charge on any atom is -0.118 e. The van der Waals surface area contributed by atoms with Gasteiger partial charge in [0, 0.05) is 6.16 Å². The number of rotatable bonds is 3. The molecule has 0 aliphatic carbocycles. The highest BCUT2D eigenvalue weighted by Crippen LogP contribution is 2.48. The van der Waals surface area contributed by atoms with Crippen LogP contribution < -0.4 is 0 Å². The second kappa shape index (κ2) is 5.22. The van der Waals surface area contributed by atoms with E-state index in [4.69, 9.17) is 22.5 Å². The summed E-state index contributed by atoms with van der Waals surface area (Å²) in [6.07, 6.45) is 2.22. The maximum absolute atomic E-state index is 5.88. The summed E-state index contributed by atoms with van der Waals surface area (Å²) in [5, 5.41) is 3.16. The van der Waals surface area contributed by atoms with Crippen LogP contribution in [-0.4, -0.2) is 6.16 Å². The van der Waals surface area contributed by atoms with E-state index in [1.807, 2.05) is 0 Å². The van der Waals surface area contributed by atoms with Crippen LogP contribution in [0.2, 0.25) is 0 Å². The first-order valence-electron chi connectivity index (χ1n) is 4.68. The molecule has 0 radical (unpaired) electrons. The molecule has 4 heteroatoms. The van der Waals surface area contributed by atoms with Gasteiger partial charge in [-0.1, -0.05) is 0 Å². The van der Waals surface area contributed by atoms with Gasteiger partial charge >= 0.3 is 0 Å². The molecule has 1 atom stereocenters. The topological polar surface area (TPSA) is 0 Å². The van der Waals surface area contributed by atoms with E-state index in [2.05, 4.69) is 27.7 Å². The van der Waals surface area contributed by atoms with Gasteiger partial charge in [-0.05, 0) is 66.8 Å². The maximum atomic E-state index is 5.88. The van der Waals surface area contributed by atoms with Crippen molar-refractivity contribution in [2.75, 3.05) is 6.16 Å². The van der Waals surface area contributed by atoms with E-state index in [0.29, 0.717) is 0 Å². The van der Waals surface area contributed by atoms with Crippen LogP contribution in [0.3, 0.4) is 0 Å². The van der Waals surface area contributed by atoms with Gasteiger partial charge < -0.3 is 0 Å². The van der Waals surface area contributed by atoms with Crippen molar-refractivity contribution in [1.29, 1.82) is 0 Å². The molecule has 0 aliphatic heterocycles. The Kier molecular flexibility index (Phi) is 4.79. The second-order valence-electron chi connectivity index (χ2n) is 3.61. The highest BCUT2D eigenvalue weighted by atomic mass is 35.9. The Morgan fingerprint density at radius 3 is 1.93 bits per heavy atom. The van der Waals surface area contributed by atoms with E-state index in [0.717, 1.165) is 6.16 Å². The van der Waals surface area contributed by atoms with Gasteiger partial charge in [0.2, 0.25) is 0 Å². The van der Waals surface area contributed by atoms with Crippen molar-refractivity contribution in [3.8, 4) is 0 Å². The van der Waals surface area contributed by atoms with Crippen molar-refractivity contribution in [3.05, 3.63) is 21.7 Å². The Hall–Kier alpha value is 0.790. The normalized spacial score (nSPS) is 13.3. The monoisotopic (exact) mass is 269 g/mol. The SMILES string of the molecule is Cc1c(C)c(C)p(CCP(Cl)[ClH+])c1C. The zero-order chi connectivity index (χ0) is 10.9. The predicted molar refractivity (Wildman–Crippen MR) is 67.1 cm³/mol. The Balaban J connectivity index is 2.91. The van der Waals surface area contributed by atoms with E-state index < -0.39 is 6.63 Å². The molecule has 0 fully saturated rings. The third-order valence-corrected chi connectivity index (χ3v) is 7.90. The summed E-state index contributed by atoms with van der Waals surface area (Å²) in [5.74, 6) is 0. The highest BCUT2D eigenvalue weighted by Gasteiger charge is 2.15. The van der Waals surface area contributed by atoms with Crippen LogP contribution in [0.1, 0.15) is 21.7 Å². The van der Waals surface area contributed by atoms with Gasteiger partial charge in [-0.2, -0.15) is 0 Å². The number of halogens is 2. The molecule has 80 valence electrons. The molecule has 0 aliphatic rings. The summed E-state index contributed by atoms with van der Waals surface area (Å²) in [6, 6.07) is 0. The van der Waals surface area contributed by atoms with Crippen LogP contribution in [0.4, 0.5) is 0 Å². The summed E-state index contributed by atoms with van der Waals surface area (Å²) in [7, 11) is -0.0544. The van der Waals surface area contributed by atoms with Crippen LogP contribution in [0, 0.1) is 38.9 Å². The third-order valence-electron chi connectivity index (χ3n) is 2.96. The Labute approximate surface area is 98.4 Å². The molecule has 1 aromatic rings. The standard InChI is InChI=1S/C10H17Cl2P2/c1-7-8(2)10(4)13(9(7)3)5-6-14(11)12/h11H,5-6H2,1-4H3/q+1. The van der Waals surface area contributed by atoms with Gasteiger partial charge in [-0.15, -0.1) is 7.53 Å². The van der Waals surface area contributed by atoms with E-state index in [1.165, 1.54) is 17.3 Å². The molecule has 0 amide bonds. The minimum absolute atomic E-state index is 0.0544. The average molecular weight is 270 g/mol. The fourth-order valence-electron chi connectivity index (χ4n) is 1.71. The van der Waals surface area contributed by atoms with Crippen LogP contribution >= 0.6 is 25.4 Å². The highest BCUT2D eigenvalue weighted by molar-refractivity contribution is 7.78. The van der Waals surface area contributed by atoms with E-state index in [9.17, 15) is 0 Å². The van der Waals surface area contributed by atoms with Gasteiger partial charge in [0.15, 0.2) is 0 Å². The lowest BCUT2D eigenvalue weighted by Crippen LogP contribution is -1.78. The largest absolute Gasteiger partial charge is 0.296 e. The van der Waals surface area contributed by atoms with E-state index >= 15 is 0 Å². The lowest BCUT2D eigenvalue weighted by molar-refractivity contribution is -0.154. The molecule has 0 saturated carbocycles. The lowest BCUT2D eigenvalue weighted by Gasteiger charge is -2.02. The molecule has 0 nitrogen and oxygen atoms in total. The molecule has 1 heterocycles. The van der Waals surface area contributed by atoms with E-state index in [1.54, 1.807) is 10.6 Å². The second-order valence-corrected chi connectivity index (χ2v) is 10.5. The molecule has 1 aromatic heterocycles. The first-order valence-corrected chi connectivity index (χ1v) is 9.65. The van der Waals surface area contributed by atoms with Crippen LogP contribution in [0.5, 0.6) is 0 Å². The Morgan fingerprint density at radius 2 is 1.57 bits per heavy atom. The van der Waals surface area contributed by atoms with Gasteiger partial charge in [0.25, 0.3) is 6.63 Å². The quantitative estimate of drug-likeness (QED) is 0.696.